The first kappa shape index (κ1) is 16.8. The summed E-state index contributed by atoms with van der Waals surface area (Å²) < 4.78 is 4.82. The largest absolute Gasteiger partial charge is 0.405 e. The van der Waals surface area contributed by atoms with Crippen LogP contribution in [0.2, 0.25) is 18.1 Å². The van der Waals surface area contributed by atoms with Gasteiger partial charge in [0.25, 0.3) is 0 Å². The summed E-state index contributed by atoms with van der Waals surface area (Å²) in [4.78, 5) is 0.958. The first-order valence-electron chi connectivity index (χ1n) is 5.73. The molecule has 6 heteroatoms. The van der Waals surface area contributed by atoms with Gasteiger partial charge in [-0.1, -0.05) is 61.6 Å². The summed E-state index contributed by atoms with van der Waals surface area (Å²) in [6.45, 7) is 10.8. The predicted octanol–water partition coefficient (Wildman–Crippen LogP) is 6.18. The topological polar surface area (TPSA) is 9.23 Å². The monoisotopic (exact) mass is 344 g/mol. The van der Waals surface area contributed by atoms with Crippen LogP contribution in [0, 0.1) is 0 Å². The summed E-state index contributed by atoms with van der Waals surface area (Å²) in [6.07, 6.45) is -0.497. The Hall–Kier alpha value is 0.747. The zero-order valence-electron chi connectivity index (χ0n) is 11.3. The Morgan fingerprint density at radius 3 is 2.11 bits per heavy atom. The number of rotatable bonds is 3. The first-order chi connectivity index (χ1) is 7.95. The van der Waals surface area contributed by atoms with E-state index in [9.17, 15) is 0 Å². The van der Waals surface area contributed by atoms with E-state index < -0.39 is 18.2 Å². The van der Waals surface area contributed by atoms with Crippen LogP contribution in [0.25, 0.3) is 0 Å². The van der Waals surface area contributed by atoms with Crippen LogP contribution in [0.1, 0.15) is 31.8 Å². The molecule has 1 nitrogen and oxygen atoms in total. The number of thiophene rings is 1. The van der Waals surface area contributed by atoms with Crippen LogP contribution in [-0.4, -0.2) is 12.1 Å². The van der Waals surface area contributed by atoms with Crippen LogP contribution < -0.4 is 0 Å². The lowest BCUT2D eigenvalue weighted by atomic mass is 10.2. The third-order valence-electron chi connectivity index (χ3n) is 3.32. The molecule has 1 atom stereocenters. The van der Waals surface area contributed by atoms with Crippen molar-refractivity contribution in [2.75, 3.05) is 0 Å². The van der Waals surface area contributed by atoms with E-state index in [1.807, 2.05) is 17.5 Å². The van der Waals surface area contributed by atoms with E-state index in [0.29, 0.717) is 0 Å². The average Bonchev–Trinajstić information content (AvgIpc) is 2.62. The van der Waals surface area contributed by atoms with Crippen LogP contribution in [0.15, 0.2) is 17.5 Å². The van der Waals surface area contributed by atoms with Crippen molar-refractivity contribution in [2.45, 2.75) is 48.8 Å². The molecule has 1 unspecified atom stereocenters. The second-order valence-corrected chi connectivity index (χ2v) is 13.9. The van der Waals surface area contributed by atoms with Gasteiger partial charge in [0.05, 0.1) is 0 Å². The van der Waals surface area contributed by atoms with Crippen LogP contribution in [-0.2, 0) is 4.43 Å². The molecule has 0 aromatic carbocycles. The molecule has 0 radical (unpaired) electrons. The number of hydrogen-bond acceptors (Lipinski definition) is 2. The van der Waals surface area contributed by atoms with Crippen molar-refractivity contribution in [3.05, 3.63) is 22.4 Å². The van der Waals surface area contributed by atoms with E-state index >= 15 is 0 Å². The molecule has 0 saturated carbocycles. The Morgan fingerprint density at radius 1 is 1.22 bits per heavy atom. The molecule has 1 rings (SSSR count). The average molecular weight is 346 g/mol. The summed E-state index contributed by atoms with van der Waals surface area (Å²) in [5.74, 6) is 0. The number of alkyl halides is 3. The molecule has 0 N–H and O–H groups in total. The van der Waals surface area contributed by atoms with E-state index in [1.165, 1.54) is 0 Å². The summed E-state index contributed by atoms with van der Waals surface area (Å²) in [6, 6.07) is 3.89. The fourth-order valence-electron chi connectivity index (χ4n) is 1.20. The van der Waals surface area contributed by atoms with Gasteiger partial charge in [0, 0.05) is 4.88 Å². The Kier molecular flexibility index (Phi) is 5.25. The van der Waals surface area contributed by atoms with E-state index in [-0.39, 0.29) is 5.04 Å². The molecular formula is C12H19Cl3OSSi. The van der Waals surface area contributed by atoms with Crippen molar-refractivity contribution >= 4 is 54.5 Å². The minimum Gasteiger partial charge on any atom is -0.405 e. The smallest absolute Gasteiger partial charge is 0.220 e. The standard InChI is InChI=1S/C12H19Cl3OSSi/c1-11(2,3)18(4,5)16-10(12(13,14)15)9-7-6-8-17-9/h6-8,10H,1-5H3. The van der Waals surface area contributed by atoms with Crippen molar-refractivity contribution in [3.63, 3.8) is 0 Å². The lowest BCUT2D eigenvalue weighted by Crippen LogP contribution is -2.43. The Morgan fingerprint density at radius 2 is 1.78 bits per heavy atom. The molecular weight excluding hydrogens is 327 g/mol. The molecule has 1 heterocycles. The zero-order valence-corrected chi connectivity index (χ0v) is 15.3. The van der Waals surface area contributed by atoms with Gasteiger partial charge in [-0.15, -0.1) is 11.3 Å². The quantitative estimate of drug-likeness (QED) is 0.469. The Balaban J connectivity index is 3.02. The lowest BCUT2D eigenvalue weighted by Gasteiger charge is -2.40. The van der Waals surface area contributed by atoms with Gasteiger partial charge >= 0.3 is 0 Å². The highest BCUT2D eigenvalue weighted by Crippen LogP contribution is 2.48. The molecule has 0 spiro atoms. The van der Waals surface area contributed by atoms with Gasteiger partial charge in [-0.25, -0.2) is 0 Å². The van der Waals surface area contributed by atoms with Gasteiger partial charge < -0.3 is 4.43 Å². The minimum absolute atomic E-state index is 0.0818. The van der Waals surface area contributed by atoms with Crippen LogP contribution >= 0.6 is 46.1 Å². The van der Waals surface area contributed by atoms with Crippen molar-refractivity contribution < 1.29 is 4.43 Å². The second kappa shape index (κ2) is 5.62. The Labute approximate surface area is 130 Å². The molecule has 0 bridgehead atoms. The molecule has 0 aliphatic heterocycles. The highest BCUT2D eigenvalue weighted by Gasteiger charge is 2.45. The molecule has 0 saturated heterocycles. The molecule has 104 valence electrons. The predicted molar refractivity (Wildman–Crippen MR) is 85.6 cm³/mol. The highest BCUT2D eigenvalue weighted by molar-refractivity contribution is 7.10. The Bertz CT molecular complexity index is 379. The summed E-state index contributed by atoms with van der Waals surface area (Å²) >= 11 is 19.8. The first-order valence-corrected chi connectivity index (χ1v) is 10.7. The highest BCUT2D eigenvalue weighted by atomic mass is 35.6. The van der Waals surface area contributed by atoms with Crippen molar-refractivity contribution in [3.8, 4) is 0 Å². The summed E-state index contributed by atoms with van der Waals surface area (Å²) in [5, 5.41) is 2.05. The maximum atomic E-state index is 6.26. The number of halogens is 3. The molecule has 1 aromatic rings. The van der Waals surface area contributed by atoms with Gasteiger partial charge in [-0.2, -0.15) is 0 Å². The zero-order chi connectivity index (χ0) is 14.2. The maximum absolute atomic E-state index is 6.26. The van der Waals surface area contributed by atoms with Crippen molar-refractivity contribution in [1.29, 1.82) is 0 Å². The molecule has 0 aliphatic rings. The second-order valence-electron chi connectivity index (χ2n) is 5.82. The molecule has 1 aromatic heterocycles. The minimum atomic E-state index is -1.98. The normalized spacial score (nSPS) is 15.8. The van der Waals surface area contributed by atoms with Gasteiger partial charge in [0.1, 0.15) is 6.10 Å². The van der Waals surface area contributed by atoms with E-state index in [2.05, 4.69) is 33.9 Å². The number of hydrogen-bond donors (Lipinski definition) is 0. The summed E-state index contributed by atoms with van der Waals surface area (Å²) in [7, 11) is -1.98. The summed E-state index contributed by atoms with van der Waals surface area (Å²) in [5.41, 5.74) is 0. The third kappa shape index (κ3) is 4.12. The fourth-order valence-corrected chi connectivity index (χ4v) is 4.25. The van der Waals surface area contributed by atoms with Crippen molar-refractivity contribution in [1.82, 2.24) is 0 Å². The van der Waals surface area contributed by atoms with Gasteiger partial charge in [0.15, 0.2) is 8.32 Å². The fraction of sp³-hybridized carbons (Fsp3) is 0.667. The van der Waals surface area contributed by atoms with Crippen LogP contribution in [0.5, 0.6) is 0 Å². The molecule has 0 amide bonds. The van der Waals surface area contributed by atoms with Gasteiger partial charge in [0.2, 0.25) is 3.79 Å². The maximum Gasteiger partial charge on any atom is 0.220 e. The van der Waals surface area contributed by atoms with E-state index in [1.54, 1.807) is 11.3 Å². The molecule has 0 fully saturated rings. The SMILES string of the molecule is CC(C)(C)[Si](C)(C)OC(c1cccs1)C(Cl)(Cl)Cl. The van der Waals surface area contributed by atoms with Gasteiger partial charge in [-0.3, -0.25) is 0 Å². The van der Waals surface area contributed by atoms with E-state index in [4.69, 9.17) is 39.2 Å². The van der Waals surface area contributed by atoms with Crippen molar-refractivity contribution in [2.24, 2.45) is 0 Å². The van der Waals surface area contributed by atoms with Crippen LogP contribution in [0.4, 0.5) is 0 Å². The van der Waals surface area contributed by atoms with Gasteiger partial charge in [-0.05, 0) is 29.6 Å². The van der Waals surface area contributed by atoms with E-state index in [0.717, 1.165) is 4.88 Å². The lowest BCUT2D eigenvalue weighted by molar-refractivity contribution is 0.191. The van der Waals surface area contributed by atoms with Crippen LogP contribution in [0.3, 0.4) is 0 Å². The molecule has 18 heavy (non-hydrogen) atoms. The third-order valence-corrected chi connectivity index (χ3v) is 9.27. The molecule has 0 aliphatic carbocycles.